The molecule has 2 heterocycles. The maximum Gasteiger partial charge on any atom is 0.416 e. The van der Waals surface area contributed by atoms with E-state index in [1.54, 1.807) is 23.1 Å². The summed E-state index contributed by atoms with van der Waals surface area (Å²) in [6.45, 7) is 0.991. The second-order valence-electron chi connectivity index (χ2n) is 12.2. The Bertz CT molecular complexity index is 1950. The second-order valence-corrected chi connectivity index (χ2v) is 12.2. The van der Waals surface area contributed by atoms with Crippen LogP contribution in [0.4, 0.5) is 13.2 Å². The number of methoxy groups -OCH3 is 1. The lowest BCUT2D eigenvalue weighted by atomic mass is 9.97. The molecule has 6 nitrogen and oxygen atoms in total. The Morgan fingerprint density at radius 1 is 0.880 bits per heavy atom. The number of nitrogens with zero attached hydrogens (tertiary/aromatic N) is 3. The summed E-state index contributed by atoms with van der Waals surface area (Å²) in [5.41, 5.74) is 5.21. The van der Waals surface area contributed by atoms with E-state index in [-0.39, 0.29) is 18.9 Å². The normalized spacial score (nSPS) is 13.5. The molecule has 9 heteroatoms. The van der Waals surface area contributed by atoms with Crippen LogP contribution in [0, 0.1) is 0 Å². The van der Waals surface area contributed by atoms with Crippen molar-refractivity contribution in [1.82, 2.24) is 14.8 Å². The van der Waals surface area contributed by atoms with Gasteiger partial charge in [-0.3, -0.25) is 14.6 Å². The minimum atomic E-state index is -4.47. The van der Waals surface area contributed by atoms with Crippen LogP contribution in [-0.2, 0) is 41.7 Å². The third-order valence-corrected chi connectivity index (χ3v) is 8.88. The fourth-order valence-corrected chi connectivity index (χ4v) is 6.13. The van der Waals surface area contributed by atoms with Gasteiger partial charge in [-0.1, -0.05) is 78.9 Å². The van der Waals surface area contributed by atoms with Crippen molar-refractivity contribution in [3.63, 3.8) is 0 Å². The van der Waals surface area contributed by atoms with Gasteiger partial charge < -0.3 is 14.5 Å². The fourth-order valence-electron chi connectivity index (χ4n) is 6.13. The molecule has 0 saturated carbocycles. The number of amides is 2. The lowest BCUT2D eigenvalue weighted by molar-refractivity contribution is -0.144. The smallest absolute Gasteiger partial charge is 0.416 e. The van der Waals surface area contributed by atoms with E-state index >= 15 is 0 Å². The van der Waals surface area contributed by atoms with E-state index in [4.69, 9.17) is 4.74 Å². The molecule has 1 aliphatic rings. The van der Waals surface area contributed by atoms with Crippen molar-refractivity contribution >= 4 is 17.9 Å². The van der Waals surface area contributed by atoms with Gasteiger partial charge in [-0.2, -0.15) is 13.2 Å². The van der Waals surface area contributed by atoms with Gasteiger partial charge in [0.1, 0.15) is 11.8 Å². The average Bonchev–Trinajstić information content (AvgIpc) is 3.15. The van der Waals surface area contributed by atoms with E-state index in [0.717, 1.165) is 45.6 Å². The molecule has 1 aromatic heterocycles. The Kier molecular flexibility index (Phi) is 10.4. The molecule has 0 bridgehead atoms. The first kappa shape index (κ1) is 34.2. The van der Waals surface area contributed by atoms with E-state index in [1.807, 2.05) is 91.0 Å². The van der Waals surface area contributed by atoms with Gasteiger partial charge in [0.2, 0.25) is 11.8 Å². The zero-order valence-corrected chi connectivity index (χ0v) is 27.5. The van der Waals surface area contributed by atoms with E-state index in [2.05, 4.69) is 4.98 Å². The summed E-state index contributed by atoms with van der Waals surface area (Å²) >= 11 is 0. The molecule has 5 aromatic rings. The molecule has 4 aromatic carbocycles. The van der Waals surface area contributed by atoms with Gasteiger partial charge >= 0.3 is 6.18 Å². The number of aromatic nitrogens is 1. The van der Waals surface area contributed by atoms with Crippen LogP contribution in [0.3, 0.4) is 0 Å². The molecule has 0 spiro atoms. The van der Waals surface area contributed by atoms with E-state index in [0.29, 0.717) is 30.8 Å². The number of pyridine rings is 1. The highest BCUT2D eigenvalue weighted by Gasteiger charge is 2.34. The third kappa shape index (κ3) is 8.29. The van der Waals surface area contributed by atoms with Crippen LogP contribution in [0.1, 0.15) is 33.4 Å². The topological polar surface area (TPSA) is 62.7 Å². The van der Waals surface area contributed by atoms with Crippen molar-refractivity contribution < 1.29 is 27.5 Å². The maximum atomic E-state index is 14.6. The number of rotatable bonds is 10. The molecule has 0 aliphatic carbocycles. The Morgan fingerprint density at radius 3 is 2.30 bits per heavy atom. The van der Waals surface area contributed by atoms with Crippen LogP contribution in [0.2, 0.25) is 0 Å². The minimum absolute atomic E-state index is 0.125. The van der Waals surface area contributed by atoms with E-state index in [1.165, 1.54) is 24.3 Å². The number of hydrogen-bond donors (Lipinski definition) is 0. The lowest BCUT2D eigenvalue weighted by Gasteiger charge is -2.37. The number of fused-ring (bicyclic) bond motifs is 1. The van der Waals surface area contributed by atoms with Crippen LogP contribution < -0.4 is 4.74 Å². The number of ether oxygens (including phenoxy) is 1. The summed E-state index contributed by atoms with van der Waals surface area (Å²) in [5, 5.41) is 0. The highest BCUT2D eigenvalue weighted by Crippen LogP contribution is 2.30. The standard InChI is InChI=1S/C41H36F3N3O3/c1-50-36-20-17-32-22-24-46(28-34(32)26-36)40(49)38(25-30-7-3-2-4-8-30)47(27-31-10-15-33(16-11-31)37-9-5-6-23-45-37)39(48)21-14-29-12-18-35(19-13-29)41(42,43)44/h2-21,23,26,38H,22,24-25,27-28H2,1H3. The first-order chi connectivity index (χ1) is 24.2. The molecule has 0 N–H and O–H groups in total. The molecule has 1 unspecified atom stereocenters. The van der Waals surface area contributed by atoms with Crippen LogP contribution in [0.25, 0.3) is 17.3 Å². The quantitative estimate of drug-likeness (QED) is 0.141. The summed E-state index contributed by atoms with van der Waals surface area (Å²) in [7, 11) is 1.61. The minimum Gasteiger partial charge on any atom is -0.497 e. The van der Waals surface area contributed by atoms with E-state index < -0.39 is 23.7 Å². The van der Waals surface area contributed by atoms with E-state index in [9.17, 15) is 22.8 Å². The lowest BCUT2D eigenvalue weighted by Crippen LogP contribution is -2.52. The van der Waals surface area contributed by atoms with Crippen LogP contribution in [0.5, 0.6) is 5.75 Å². The average molecular weight is 676 g/mol. The number of carbonyl (C=O) groups is 2. The highest BCUT2D eigenvalue weighted by molar-refractivity contribution is 5.96. The number of hydrogen-bond acceptors (Lipinski definition) is 4. The Labute approximate surface area is 289 Å². The van der Waals surface area contributed by atoms with Gasteiger partial charge in [0.15, 0.2) is 0 Å². The first-order valence-corrected chi connectivity index (χ1v) is 16.3. The van der Waals surface area contributed by atoms with Crippen molar-refractivity contribution in [3.05, 3.63) is 161 Å². The second kappa shape index (κ2) is 15.2. The SMILES string of the molecule is COc1ccc2c(c1)CN(C(=O)C(Cc1ccccc1)N(Cc1ccc(-c3ccccn3)cc1)C(=O)C=Cc1ccc(C(F)(F)F)cc1)CC2. The molecule has 0 saturated heterocycles. The molecule has 0 radical (unpaired) electrons. The zero-order valence-electron chi connectivity index (χ0n) is 27.5. The monoisotopic (exact) mass is 675 g/mol. The van der Waals surface area contributed by atoms with Gasteiger partial charge in [-0.15, -0.1) is 0 Å². The van der Waals surface area contributed by atoms with Gasteiger partial charge in [0, 0.05) is 43.9 Å². The summed E-state index contributed by atoms with van der Waals surface area (Å²) < 4.78 is 44.9. The van der Waals surface area contributed by atoms with Gasteiger partial charge in [0.05, 0.1) is 18.4 Å². The first-order valence-electron chi connectivity index (χ1n) is 16.3. The summed E-state index contributed by atoms with van der Waals surface area (Å²) in [6.07, 6.45) is 1.00. The van der Waals surface area contributed by atoms with Crippen molar-refractivity contribution in [2.75, 3.05) is 13.7 Å². The largest absolute Gasteiger partial charge is 0.497 e. The molecule has 254 valence electrons. The van der Waals surface area contributed by atoms with Crippen LogP contribution in [0.15, 0.2) is 128 Å². The molecule has 2 amide bonds. The Hall–Kier alpha value is -5.70. The van der Waals surface area contributed by atoms with Crippen molar-refractivity contribution in [2.24, 2.45) is 0 Å². The molecule has 6 rings (SSSR count). The third-order valence-electron chi connectivity index (χ3n) is 8.88. The summed E-state index contributed by atoms with van der Waals surface area (Å²) in [4.78, 5) is 36.6. The number of alkyl halides is 3. The molecule has 1 atom stereocenters. The molecular formula is C41H36F3N3O3. The van der Waals surface area contributed by atoms with Crippen LogP contribution >= 0.6 is 0 Å². The fraction of sp³-hybridized carbons (Fsp3) is 0.195. The van der Waals surface area contributed by atoms with Crippen LogP contribution in [-0.4, -0.2) is 46.3 Å². The Balaban J connectivity index is 1.34. The predicted octanol–water partition coefficient (Wildman–Crippen LogP) is 8.01. The van der Waals surface area contributed by atoms with Crippen molar-refractivity contribution in [1.29, 1.82) is 0 Å². The molecular weight excluding hydrogens is 639 g/mol. The number of carbonyl (C=O) groups excluding carboxylic acids is 2. The van der Waals surface area contributed by atoms with Gasteiger partial charge in [-0.05, 0) is 76.7 Å². The van der Waals surface area contributed by atoms with Gasteiger partial charge in [0.25, 0.3) is 0 Å². The molecule has 50 heavy (non-hydrogen) atoms. The summed E-state index contributed by atoms with van der Waals surface area (Å²) in [6, 6.07) is 32.5. The number of benzene rings is 4. The molecule has 0 fully saturated rings. The van der Waals surface area contributed by atoms with Crippen molar-refractivity contribution in [2.45, 2.75) is 38.1 Å². The molecule has 1 aliphatic heterocycles. The summed E-state index contributed by atoms with van der Waals surface area (Å²) in [5.74, 6) is 0.0778. The maximum absolute atomic E-state index is 14.6. The predicted molar refractivity (Wildman–Crippen MR) is 187 cm³/mol. The number of halogens is 3. The van der Waals surface area contributed by atoms with Crippen molar-refractivity contribution in [3.8, 4) is 17.0 Å². The Morgan fingerprint density at radius 2 is 1.62 bits per heavy atom. The van der Waals surface area contributed by atoms with Gasteiger partial charge in [-0.25, -0.2) is 0 Å². The highest BCUT2D eigenvalue weighted by atomic mass is 19.4. The zero-order chi connectivity index (χ0) is 35.1.